The van der Waals surface area contributed by atoms with E-state index in [0.717, 1.165) is 33.5 Å². The van der Waals surface area contributed by atoms with E-state index >= 15 is 0 Å². The lowest BCUT2D eigenvalue weighted by Gasteiger charge is -2.11. The molecule has 0 amide bonds. The van der Waals surface area contributed by atoms with Crippen LogP contribution in [0.5, 0.6) is 0 Å². The van der Waals surface area contributed by atoms with Crippen molar-refractivity contribution in [3.8, 4) is 51.0 Å². The van der Waals surface area contributed by atoms with Crippen LogP contribution in [0.25, 0.3) is 104 Å². The van der Waals surface area contributed by atoms with Gasteiger partial charge in [-0.25, -0.2) is 15.0 Å². The van der Waals surface area contributed by atoms with Crippen molar-refractivity contribution in [1.29, 1.82) is 0 Å². The Kier molecular flexibility index (Phi) is 7.00. The zero-order valence-corrected chi connectivity index (χ0v) is 29.8. The number of aromatic nitrogens is 4. The van der Waals surface area contributed by atoms with Crippen LogP contribution in [0.3, 0.4) is 0 Å². The van der Waals surface area contributed by atoms with Crippen LogP contribution in [0.1, 0.15) is 0 Å². The maximum Gasteiger partial charge on any atom is 0.165 e. The van der Waals surface area contributed by atoms with Crippen LogP contribution in [-0.2, 0) is 0 Å². The Hall–Kier alpha value is -6.95. The summed E-state index contributed by atoms with van der Waals surface area (Å²) in [6.45, 7) is 0. The quantitative estimate of drug-likeness (QED) is 0.179. The van der Waals surface area contributed by atoms with E-state index in [0.29, 0.717) is 17.5 Å². The summed E-state index contributed by atoms with van der Waals surface area (Å²) < 4.78 is 4.82. The Morgan fingerprint density at radius 3 is 1.72 bits per heavy atom. The van der Waals surface area contributed by atoms with Crippen molar-refractivity contribution >= 4 is 64.1 Å². The Labute approximate surface area is 315 Å². The zero-order valence-electron chi connectivity index (χ0n) is 29.0. The molecular formula is C49H30N4S. The van der Waals surface area contributed by atoms with Crippen molar-refractivity contribution < 1.29 is 0 Å². The second-order valence-corrected chi connectivity index (χ2v) is 14.7. The number of nitrogens with zero attached hydrogens (tertiary/aromatic N) is 4. The van der Waals surface area contributed by atoms with Gasteiger partial charge in [0.05, 0.1) is 11.0 Å². The minimum Gasteiger partial charge on any atom is -0.309 e. The molecule has 0 N–H and O–H groups in total. The molecule has 3 aromatic heterocycles. The number of benzene rings is 8. The van der Waals surface area contributed by atoms with Crippen LogP contribution < -0.4 is 0 Å². The van der Waals surface area contributed by atoms with Gasteiger partial charge in [-0.1, -0.05) is 140 Å². The van der Waals surface area contributed by atoms with Crippen molar-refractivity contribution in [2.24, 2.45) is 0 Å². The topological polar surface area (TPSA) is 43.6 Å². The molecule has 4 nitrogen and oxygen atoms in total. The first kappa shape index (κ1) is 30.7. The Bertz CT molecular complexity index is 3200. The summed E-state index contributed by atoms with van der Waals surface area (Å²) in [4.78, 5) is 15.2. The zero-order chi connectivity index (χ0) is 35.6. The highest BCUT2D eigenvalue weighted by molar-refractivity contribution is 7.26. The minimum atomic E-state index is 0.651. The second kappa shape index (κ2) is 12.3. The van der Waals surface area contributed by atoms with Crippen LogP contribution in [0.2, 0.25) is 0 Å². The number of hydrogen-bond acceptors (Lipinski definition) is 4. The molecule has 0 unspecified atom stereocenters. The molecule has 3 heterocycles. The molecule has 0 radical (unpaired) electrons. The molecule has 0 atom stereocenters. The van der Waals surface area contributed by atoms with Gasteiger partial charge in [-0.05, 0) is 64.4 Å². The molecule has 0 aliphatic heterocycles. The Morgan fingerprint density at radius 1 is 0.370 bits per heavy atom. The number of thiophene rings is 1. The van der Waals surface area contributed by atoms with E-state index in [1.165, 1.54) is 52.8 Å². The van der Waals surface area contributed by atoms with Crippen molar-refractivity contribution in [2.45, 2.75) is 0 Å². The van der Waals surface area contributed by atoms with Gasteiger partial charge in [0.1, 0.15) is 0 Å². The summed E-state index contributed by atoms with van der Waals surface area (Å²) >= 11 is 1.79. The Morgan fingerprint density at radius 2 is 0.944 bits per heavy atom. The van der Waals surface area contributed by atoms with E-state index in [2.05, 4.69) is 168 Å². The van der Waals surface area contributed by atoms with Gasteiger partial charge in [-0.15, -0.1) is 11.3 Å². The molecule has 11 rings (SSSR count). The normalized spacial score (nSPS) is 11.7. The third kappa shape index (κ3) is 5.01. The molecule has 252 valence electrons. The lowest BCUT2D eigenvalue weighted by atomic mass is 10.0. The van der Waals surface area contributed by atoms with E-state index in [1.807, 2.05) is 18.2 Å². The first-order chi connectivity index (χ1) is 26.7. The molecule has 0 bridgehead atoms. The smallest absolute Gasteiger partial charge is 0.165 e. The van der Waals surface area contributed by atoms with E-state index in [4.69, 9.17) is 15.0 Å². The van der Waals surface area contributed by atoms with Gasteiger partial charge in [0.2, 0.25) is 0 Å². The number of fused-ring (bicyclic) bond motifs is 7. The van der Waals surface area contributed by atoms with Crippen molar-refractivity contribution in [3.05, 3.63) is 182 Å². The molecule has 8 aromatic carbocycles. The van der Waals surface area contributed by atoms with Gasteiger partial charge in [0.25, 0.3) is 0 Å². The fourth-order valence-corrected chi connectivity index (χ4v) is 9.02. The van der Waals surface area contributed by atoms with Crippen LogP contribution in [0, 0.1) is 0 Å². The van der Waals surface area contributed by atoms with Crippen LogP contribution in [-0.4, -0.2) is 19.5 Å². The van der Waals surface area contributed by atoms with E-state index in [9.17, 15) is 0 Å². The van der Waals surface area contributed by atoms with E-state index < -0.39 is 0 Å². The number of para-hydroxylation sites is 1. The standard InChI is InChI=1S/C49H30N4S/c1-2-11-33(12-3-1)47-50-48(52-49(51-47)41-18-10-17-40-39-16-7-9-20-45(39)54-46(40)41)34-23-21-31(22-24-34)32-25-27-37(28-26-32)53-43-19-8-6-15-38(43)42-29-35-13-4-5-14-36(35)30-44(42)53/h1-30H. The summed E-state index contributed by atoms with van der Waals surface area (Å²) in [6, 6.07) is 64.5. The largest absolute Gasteiger partial charge is 0.309 e. The van der Waals surface area contributed by atoms with Crippen molar-refractivity contribution in [3.63, 3.8) is 0 Å². The molecule has 0 saturated heterocycles. The summed E-state index contributed by atoms with van der Waals surface area (Å²) in [5.41, 5.74) is 8.74. The van der Waals surface area contributed by atoms with E-state index in [1.54, 1.807) is 11.3 Å². The molecule has 5 heteroatoms. The lowest BCUT2D eigenvalue weighted by molar-refractivity contribution is 1.08. The molecule has 11 aromatic rings. The average molecular weight is 707 g/mol. The first-order valence-corrected chi connectivity index (χ1v) is 18.9. The van der Waals surface area contributed by atoms with Crippen LogP contribution in [0.15, 0.2) is 182 Å². The second-order valence-electron chi connectivity index (χ2n) is 13.6. The molecule has 0 saturated carbocycles. The molecule has 54 heavy (non-hydrogen) atoms. The highest BCUT2D eigenvalue weighted by Gasteiger charge is 2.17. The SMILES string of the molecule is c1ccc(-c2nc(-c3ccc(-c4ccc(-n5c6ccccc6c6cc7ccccc7cc65)cc4)cc3)nc(-c3cccc4c3sc3ccccc34)n2)cc1. The van der Waals surface area contributed by atoms with Crippen molar-refractivity contribution in [1.82, 2.24) is 19.5 Å². The molecular weight excluding hydrogens is 677 g/mol. The van der Waals surface area contributed by atoms with Gasteiger partial charge in [0, 0.05) is 53.3 Å². The maximum atomic E-state index is 5.11. The predicted octanol–water partition coefficient (Wildman–Crippen LogP) is 13.2. The third-order valence-electron chi connectivity index (χ3n) is 10.5. The average Bonchev–Trinajstić information content (AvgIpc) is 3.78. The van der Waals surface area contributed by atoms with Gasteiger partial charge in [0.15, 0.2) is 17.5 Å². The molecule has 0 aliphatic rings. The minimum absolute atomic E-state index is 0.651. The number of hydrogen-bond donors (Lipinski definition) is 0. The fourth-order valence-electron chi connectivity index (χ4n) is 7.81. The number of rotatable bonds is 5. The monoisotopic (exact) mass is 706 g/mol. The fraction of sp³-hybridized carbons (Fsp3) is 0. The van der Waals surface area contributed by atoms with Crippen LogP contribution >= 0.6 is 11.3 Å². The maximum absolute atomic E-state index is 5.11. The van der Waals surface area contributed by atoms with Gasteiger partial charge >= 0.3 is 0 Å². The van der Waals surface area contributed by atoms with E-state index in [-0.39, 0.29) is 0 Å². The molecule has 0 aliphatic carbocycles. The third-order valence-corrected chi connectivity index (χ3v) is 11.7. The first-order valence-electron chi connectivity index (χ1n) is 18.1. The summed E-state index contributed by atoms with van der Waals surface area (Å²) in [5, 5.41) is 7.49. The highest BCUT2D eigenvalue weighted by Crippen LogP contribution is 2.40. The van der Waals surface area contributed by atoms with Gasteiger partial charge in [-0.2, -0.15) is 0 Å². The van der Waals surface area contributed by atoms with Crippen molar-refractivity contribution in [2.75, 3.05) is 0 Å². The van der Waals surface area contributed by atoms with Gasteiger partial charge < -0.3 is 4.57 Å². The Balaban J connectivity index is 0.977. The van der Waals surface area contributed by atoms with Gasteiger partial charge in [-0.3, -0.25) is 0 Å². The highest BCUT2D eigenvalue weighted by atomic mass is 32.1. The lowest BCUT2D eigenvalue weighted by Crippen LogP contribution is -2.00. The summed E-state index contributed by atoms with van der Waals surface area (Å²) in [7, 11) is 0. The molecule has 0 fully saturated rings. The molecule has 0 spiro atoms. The predicted molar refractivity (Wildman–Crippen MR) is 226 cm³/mol. The summed E-state index contributed by atoms with van der Waals surface area (Å²) in [5.74, 6) is 1.98. The summed E-state index contributed by atoms with van der Waals surface area (Å²) in [6.07, 6.45) is 0. The van der Waals surface area contributed by atoms with Crippen LogP contribution in [0.4, 0.5) is 0 Å².